The molecule has 0 bridgehead atoms. The lowest BCUT2D eigenvalue weighted by Crippen LogP contribution is -2.04. The van der Waals surface area contributed by atoms with E-state index in [9.17, 15) is 62.1 Å². The van der Waals surface area contributed by atoms with Crippen LogP contribution in [0.5, 0.6) is 23.0 Å². The largest absolute Gasteiger partial charge is 0.506 e. The van der Waals surface area contributed by atoms with Crippen LogP contribution in [0.15, 0.2) is 113 Å². The number of benzene rings is 6. The van der Waals surface area contributed by atoms with Crippen LogP contribution in [0.4, 0.5) is 34.1 Å². The van der Waals surface area contributed by atoms with Gasteiger partial charge in [-0.3, -0.25) is 18.2 Å². The lowest BCUT2D eigenvalue weighted by atomic mass is 10.0. The molecule has 0 heterocycles. The van der Waals surface area contributed by atoms with Crippen molar-refractivity contribution in [3.05, 3.63) is 72.8 Å². The van der Waals surface area contributed by atoms with Gasteiger partial charge < -0.3 is 31.2 Å². The average Bonchev–Trinajstić information content (AvgIpc) is 3.14. The number of nitrogens with zero attached hydrogens (tertiary/aromatic N) is 4. The molecule has 22 nitrogen and oxygen atoms in total. The van der Waals surface area contributed by atoms with Crippen molar-refractivity contribution < 1.29 is 71.6 Å². The Morgan fingerprint density at radius 1 is 0.517 bits per heavy atom. The van der Waals surface area contributed by atoms with Crippen LogP contribution < -0.4 is 20.9 Å². The summed E-state index contributed by atoms with van der Waals surface area (Å²) >= 11 is 0. The Balaban J connectivity index is 1.37. The summed E-state index contributed by atoms with van der Waals surface area (Å²) in [7, 11) is -17.5. The first-order valence-electron chi connectivity index (χ1n) is 16.1. The standard InChI is InChI=1S/C34H28N6O16S4/c1-55-26-10-16(4-6-24(26)38-39-31-27(59(49,50)51)11-17-7-19(57(43,44)45)13-21(35)29(17)33(31)42)15-3-5-23(25(41)9-15)37-40-32-28(60(52,53)54)12-18-8-20(58(46,47)48)14-22(36)30(18)34(32)56-2/h3-14,41-42H,35-36H2,1-2H3,(H,43,44,45)(H,46,47,48)(H,49,50,51)(H,52,53,54). The number of anilines is 2. The molecule has 60 heavy (non-hydrogen) atoms. The molecule has 0 aliphatic heterocycles. The molecule has 26 heteroatoms. The Hall–Kier alpha value is -6.52. The lowest BCUT2D eigenvalue weighted by molar-refractivity contribution is 0.416. The van der Waals surface area contributed by atoms with E-state index < -0.39 is 88.6 Å². The van der Waals surface area contributed by atoms with Gasteiger partial charge in [0.05, 0.1) is 24.0 Å². The zero-order valence-electron chi connectivity index (χ0n) is 30.3. The second-order valence-electron chi connectivity index (χ2n) is 12.4. The summed E-state index contributed by atoms with van der Waals surface area (Å²) < 4.78 is 146. The summed E-state index contributed by atoms with van der Waals surface area (Å²) in [5.74, 6) is -1.73. The molecule has 6 rings (SSSR count). The molecule has 0 atom stereocenters. The van der Waals surface area contributed by atoms with Crippen LogP contribution in [0.25, 0.3) is 32.7 Å². The van der Waals surface area contributed by atoms with Crippen LogP contribution in [0.3, 0.4) is 0 Å². The third-order valence-electron chi connectivity index (χ3n) is 8.65. The van der Waals surface area contributed by atoms with Crippen LogP contribution in [0.1, 0.15) is 0 Å². The zero-order chi connectivity index (χ0) is 44.3. The van der Waals surface area contributed by atoms with Gasteiger partial charge in [-0.25, -0.2) is 0 Å². The highest BCUT2D eigenvalue weighted by Crippen LogP contribution is 2.47. The number of rotatable bonds is 11. The quantitative estimate of drug-likeness (QED) is 0.0415. The molecule has 0 unspecified atom stereocenters. The number of hydrogen-bond acceptors (Lipinski definition) is 18. The SMILES string of the molecule is COc1cc(-c2ccc(N=Nc3c(S(=O)(=O)O)cc4cc(S(=O)(=O)O)cc(N)c4c3OC)c(O)c2)ccc1N=Nc1c(S(=O)(=O)O)cc2cc(S(=O)(=O)O)cc(N)c2c1O. The van der Waals surface area contributed by atoms with Crippen LogP contribution in [-0.2, 0) is 40.5 Å². The molecule has 314 valence electrons. The van der Waals surface area contributed by atoms with Crippen molar-refractivity contribution in [2.45, 2.75) is 19.6 Å². The van der Waals surface area contributed by atoms with Gasteiger partial charge in [0.15, 0.2) is 11.5 Å². The van der Waals surface area contributed by atoms with E-state index in [1.165, 1.54) is 43.5 Å². The zero-order valence-corrected chi connectivity index (χ0v) is 33.5. The van der Waals surface area contributed by atoms with Crippen molar-refractivity contribution in [1.82, 2.24) is 0 Å². The van der Waals surface area contributed by atoms with E-state index >= 15 is 0 Å². The van der Waals surface area contributed by atoms with E-state index in [0.29, 0.717) is 11.1 Å². The smallest absolute Gasteiger partial charge is 0.296 e. The highest BCUT2D eigenvalue weighted by atomic mass is 32.2. The first-order valence-corrected chi connectivity index (χ1v) is 21.9. The highest BCUT2D eigenvalue weighted by molar-refractivity contribution is 7.86. The predicted molar refractivity (Wildman–Crippen MR) is 213 cm³/mol. The molecule has 0 fully saturated rings. The number of methoxy groups -OCH3 is 2. The minimum Gasteiger partial charge on any atom is -0.506 e. The molecule has 0 aliphatic rings. The minimum atomic E-state index is -5.14. The summed E-state index contributed by atoms with van der Waals surface area (Å²) in [5, 5.41) is 36.8. The van der Waals surface area contributed by atoms with E-state index in [1.54, 1.807) is 0 Å². The van der Waals surface area contributed by atoms with Crippen molar-refractivity contribution in [3.8, 4) is 34.1 Å². The molecule has 0 aliphatic carbocycles. The third-order valence-corrected chi connectivity index (χ3v) is 12.0. The fourth-order valence-electron chi connectivity index (χ4n) is 5.98. The molecule has 0 spiro atoms. The molecule has 10 N–H and O–H groups in total. The highest BCUT2D eigenvalue weighted by Gasteiger charge is 2.27. The molecule has 0 saturated heterocycles. The number of azo groups is 2. The molecule has 6 aromatic carbocycles. The van der Waals surface area contributed by atoms with E-state index in [-0.39, 0.29) is 50.1 Å². The van der Waals surface area contributed by atoms with E-state index in [2.05, 4.69) is 20.5 Å². The molecular formula is C34H28N6O16S4. The van der Waals surface area contributed by atoms with Gasteiger partial charge in [0.25, 0.3) is 40.5 Å². The Bertz CT molecular complexity index is 3340. The molecule has 0 radical (unpaired) electrons. The van der Waals surface area contributed by atoms with E-state index in [4.69, 9.17) is 20.9 Å². The van der Waals surface area contributed by atoms with Gasteiger partial charge in [0.2, 0.25) is 0 Å². The van der Waals surface area contributed by atoms with Crippen molar-refractivity contribution in [3.63, 3.8) is 0 Å². The Morgan fingerprint density at radius 3 is 1.48 bits per heavy atom. The maximum atomic E-state index is 12.4. The van der Waals surface area contributed by atoms with Gasteiger partial charge in [-0.15, -0.1) is 20.5 Å². The first-order chi connectivity index (χ1) is 27.8. The number of aromatic hydroxyl groups is 2. The van der Waals surface area contributed by atoms with Crippen molar-refractivity contribution in [2.24, 2.45) is 20.5 Å². The molecular weight excluding hydrogens is 877 g/mol. The van der Waals surface area contributed by atoms with Gasteiger partial charge in [-0.2, -0.15) is 33.7 Å². The normalized spacial score (nSPS) is 12.8. The van der Waals surface area contributed by atoms with Crippen molar-refractivity contribution in [2.75, 3.05) is 25.7 Å². The number of nitrogens with two attached hydrogens (primary N) is 2. The first kappa shape index (κ1) is 43.1. The Morgan fingerprint density at radius 2 is 0.983 bits per heavy atom. The van der Waals surface area contributed by atoms with Crippen LogP contribution in [0.2, 0.25) is 0 Å². The number of hydrogen-bond donors (Lipinski definition) is 8. The fraction of sp³-hybridized carbons (Fsp3) is 0.0588. The summed E-state index contributed by atoms with van der Waals surface area (Å²) in [6, 6.07) is 13.3. The van der Waals surface area contributed by atoms with E-state index in [1.807, 2.05) is 0 Å². The lowest BCUT2D eigenvalue weighted by Gasteiger charge is -2.14. The van der Waals surface area contributed by atoms with Crippen LogP contribution in [0, 0.1) is 0 Å². The number of ether oxygens (including phenoxy) is 2. The van der Waals surface area contributed by atoms with Gasteiger partial charge in [-0.05, 0) is 82.6 Å². The second-order valence-corrected chi connectivity index (χ2v) is 18.1. The number of nitrogen functional groups attached to an aromatic ring is 2. The summed E-state index contributed by atoms with van der Waals surface area (Å²) in [5.41, 5.74) is 10.4. The molecule has 0 aromatic heterocycles. The topological polar surface area (TPSA) is 378 Å². The molecule has 6 aromatic rings. The Labute approximate surface area is 339 Å². The fourth-order valence-corrected chi connectivity index (χ4v) is 8.40. The summed E-state index contributed by atoms with van der Waals surface area (Å²) in [6.45, 7) is 0. The van der Waals surface area contributed by atoms with Crippen LogP contribution >= 0.6 is 0 Å². The van der Waals surface area contributed by atoms with Crippen LogP contribution in [-0.4, -0.2) is 76.3 Å². The van der Waals surface area contributed by atoms with Gasteiger partial charge in [-0.1, -0.05) is 12.1 Å². The van der Waals surface area contributed by atoms with Gasteiger partial charge >= 0.3 is 0 Å². The monoisotopic (exact) mass is 904 g/mol. The molecule has 0 amide bonds. The predicted octanol–water partition coefficient (Wildman–Crippen LogP) is 6.07. The summed E-state index contributed by atoms with van der Waals surface area (Å²) in [6.07, 6.45) is 0. The average molecular weight is 905 g/mol. The number of phenolic OH excluding ortho intramolecular Hbond substituents is 2. The minimum absolute atomic E-state index is 0.0228. The summed E-state index contributed by atoms with van der Waals surface area (Å²) in [4.78, 5) is -3.26. The maximum Gasteiger partial charge on any atom is 0.296 e. The van der Waals surface area contributed by atoms with Crippen molar-refractivity contribution in [1.29, 1.82) is 0 Å². The van der Waals surface area contributed by atoms with Gasteiger partial charge in [0, 0.05) is 22.1 Å². The maximum absolute atomic E-state index is 12.4. The number of phenols is 2. The third kappa shape index (κ3) is 8.33. The molecule has 0 saturated carbocycles. The van der Waals surface area contributed by atoms with Crippen molar-refractivity contribution >= 4 is 96.1 Å². The van der Waals surface area contributed by atoms with Gasteiger partial charge in [0.1, 0.15) is 44.0 Å². The second kappa shape index (κ2) is 15.3. The number of fused-ring (bicyclic) bond motifs is 2. The Kier molecular flexibility index (Phi) is 11.0. The van der Waals surface area contributed by atoms with E-state index in [0.717, 1.165) is 43.5 Å².